The summed E-state index contributed by atoms with van der Waals surface area (Å²) in [6.45, 7) is 7.06. The van der Waals surface area contributed by atoms with E-state index in [0.717, 1.165) is 13.1 Å². The molecule has 3 heterocycles. The fraction of sp³-hybridized carbons (Fsp3) is 0.350. The summed E-state index contributed by atoms with van der Waals surface area (Å²) in [4.78, 5) is 32.1. The van der Waals surface area contributed by atoms with Crippen molar-refractivity contribution in [2.24, 2.45) is 0 Å². The molecule has 1 amide bonds. The third-order valence-electron chi connectivity index (χ3n) is 4.99. The third-order valence-corrected chi connectivity index (χ3v) is 4.99. The predicted molar refractivity (Wildman–Crippen MR) is 96.2 cm³/mol. The maximum atomic E-state index is 13.0. The van der Waals surface area contributed by atoms with E-state index in [2.05, 4.69) is 18.8 Å². The van der Waals surface area contributed by atoms with Crippen LogP contribution in [0.4, 0.5) is 0 Å². The zero-order valence-electron chi connectivity index (χ0n) is 15.5. The van der Waals surface area contributed by atoms with Crippen molar-refractivity contribution in [3.63, 3.8) is 0 Å². The Hall–Kier alpha value is -2.93. The second kappa shape index (κ2) is 8.18. The Morgan fingerprint density at radius 3 is 2.52 bits per heavy atom. The zero-order valence-corrected chi connectivity index (χ0v) is 15.5. The van der Waals surface area contributed by atoms with Crippen molar-refractivity contribution in [1.82, 2.24) is 9.88 Å². The number of pyridine rings is 1. The van der Waals surface area contributed by atoms with Gasteiger partial charge in [0.1, 0.15) is 11.8 Å². The SMILES string of the molecule is CC[NH+](CC)CCN1C(=O)C(=O)C(=C([O-])c2ccncc2)C1c1ccco1. The summed E-state index contributed by atoms with van der Waals surface area (Å²) in [7, 11) is 0. The van der Waals surface area contributed by atoms with Gasteiger partial charge in [-0.25, -0.2) is 0 Å². The lowest BCUT2D eigenvalue weighted by atomic mass is 10.00. The van der Waals surface area contributed by atoms with Gasteiger partial charge in [-0.05, 0) is 43.7 Å². The highest BCUT2D eigenvalue weighted by Gasteiger charge is 2.45. The Morgan fingerprint density at radius 1 is 1.22 bits per heavy atom. The minimum Gasteiger partial charge on any atom is -0.872 e. The predicted octanol–water partition coefficient (Wildman–Crippen LogP) is -0.177. The molecule has 1 saturated heterocycles. The smallest absolute Gasteiger partial charge is 0.295 e. The third kappa shape index (κ3) is 3.64. The van der Waals surface area contributed by atoms with Gasteiger partial charge in [-0.2, -0.15) is 0 Å². The summed E-state index contributed by atoms with van der Waals surface area (Å²) in [6, 6.07) is 5.65. The number of ketones is 1. The number of carbonyl (C=O) groups excluding carboxylic acids is 2. The van der Waals surface area contributed by atoms with Crippen LogP contribution in [0, 0.1) is 0 Å². The van der Waals surface area contributed by atoms with Crippen LogP contribution < -0.4 is 10.0 Å². The molecule has 1 N–H and O–H groups in total. The average molecular weight is 369 g/mol. The van der Waals surface area contributed by atoms with Gasteiger partial charge in [-0.15, -0.1) is 0 Å². The topological polar surface area (TPSA) is 90.9 Å². The van der Waals surface area contributed by atoms with E-state index in [-0.39, 0.29) is 5.57 Å². The van der Waals surface area contributed by atoms with Gasteiger partial charge in [0, 0.05) is 18.0 Å². The molecule has 0 spiro atoms. The molecule has 1 aliphatic heterocycles. The van der Waals surface area contributed by atoms with E-state index in [9.17, 15) is 14.7 Å². The molecule has 0 aliphatic carbocycles. The van der Waals surface area contributed by atoms with Crippen LogP contribution in [-0.2, 0) is 9.59 Å². The average Bonchev–Trinajstić information content (AvgIpc) is 3.31. The summed E-state index contributed by atoms with van der Waals surface area (Å²) < 4.78 is 5.48. The van der Waals surface area contributed by atoms with Gasteiger partial charge < -0.3 is 19.3 Å². The van der Waals surface area contributed by atoms with Crippen LogP contribution in [0.1, 0.15) is 31.2 Å². The molecule has 0 saturated carbocycles. The Labute approximate surface area is 157 Å². The molecule has 1 atom stereocenters. The van der Waals surface area contributed by atoms with Crippen LogP contribution in [0.15, 0.2) is 52.9 Å². The molecule has 3 rings (SSSR count). The van der Waals surface area contributed by atoms with Crippen molar-refractivity contribution < 1.29 is 24.0 Å². The molecule has 7 nitrogen and oxygen atoms in total. The van der Waals surface area contributed by atoms with Crippen LogP contribution in [0.25, 0.3) is 5.76 Å². The number of nitrogens with one attached hydrogen (secondary N) is 1. The first kappa shape index (κ1) is 18.8. The molecule has 142 valence electrons. The van der Waals surface area contributed by atoms with Crippen molar-refractivity contribution in [3.8, 4) is 0 Å². The molecule has 0 radical (unpaired) electrons. The summed E-state index contributed by atoms with van der Waals surface area (Å²) in [6.07, 6.45) is 4.45. The van der Waals surface area contributed by atoms with Crippen LogP contribution in [0.2, 0.25) is 0 Å². The van der Waals surface area contributed by atoms with Crippen LogP contribution in [-0.4, -0.2) is 47.8 Å². The van der Waals surface area contributed by atoms with Crippen LogP contribution >= 0.6 is 0 Å². The van der Waals surface area contributed by atoms with Gasteiger partial charge in [-0.3, -0.25) is 14.6 Å². The molecule has 1 unspecified atom stereocenters. The van der Waals surface area contributed by atoms with Gasteiger partial charge >= 0.3 is 0 Å². The second-order valence-corrected chi connectivity index (χ2v) is 6.43. The fourth-order valence-corrected chi connectivity index (χ4v) is 3.38. The van der Waals surface area contributed by atoms with Crippen molar-refractivity contribution >= 4 is 17.4 Å². The lowest BCUT2D eigenvalue weighted by Gasteiger charge is -2.26. The molecule has 2 aromatic heterocycles. The molecule has 2 aromatic rings. The second-order valence-electron chi connectivity index (χ2n) is 6.43. The number of carbonyl (C=O) groups is 2. The molecule has 0 aromatic carbocycles. The lowest BCUT2D eigenvalue weighted by molar-refractivity contribution is -0.895. The largest absolute Gasteiger partial charge is 0.872 e. The van der Waals surface area contributed by atoms with Crippen molar-refractivity contribution in [2.45, 2.75) is 19.9 Å². The number of nitrogens with zero attached hydrogens (tertiary/aromatic N) is 2. The van der Waals surface area contributed by atoms with Gasteiger partial charge in [-0.1, -0.05) is 5.76 Å². The monoisotopic (exact) mass is 369 g/mol. The summed E-state index contributed by atoms with van der Waals surface area (Å²) >= 11 is 0. The van der Waals surface area contributed by atoms with Crippen LogP contribution in [0.3, 0.4) is 0 Å². The lowest BCUT2D eigenvalue weighted by Crippen LogP contribution is -3.12. The van der Waals surface area contributed by atoms with Crippen LogP contribution in [0.5, 0.6) is 0 Å². The number of furan rings is 1. The van der Waals surface area contributed by atoms with Crippen molar-refractivity contribution in [2.75, 3.05) is 26.2 Å². The zero-order chi connectivity index (χ0) is 19.4. The number of hydrogen-bond acceptors (Lipinski definition) is 5. The first-order valence-corrected chi connectivity index (χ1v) is 9.12. The maximum Gasteiger partial charge on any atom is 0.295 e. The maximum absolute atomic E-state index is 13.0. The van der Waals surface area contributed by atoms with Crippen molar-refractivity contribution in [1.29, 1.82) is 0 Å². The standard InChI is InChI=1S/C20H23N3O4/c1-3-22(4-2)11-12-23-17(15-6-5-13-27-15)16(19(25)20(23)26)18(24)14-7-9-21-10-8-14/h5-10,13,17,24H,3-4,11-12H2,1-2H3. The summed E-state index contributed by atoms with van der Waals surface area (Å²) in [5.41, 5.74) is 0.268. The number of hydrogen-bond donors (Lipinski definition) is 1. The first-order chi connectivity index (χ1) is 13.1. The summed E-state index contributed by atoms with van der Waals surface area (Å²) in [5.74, 6) is -1.45. The van der Waals surface area contributed by atoms with Crippen molar-refractivity contribution in [3.05, 3.63) is 59.8 Å². The number of amides is 1. The summed E-state index contributed by atoms with van der Waals surface area (Å²) in [5, 5.41) is 13.0. The van der Waals surface area contributed by atoms with E-state index >= 15 is 0 Å². The number of likely N-dealkylation sites (N-methyl/N-ethyl adjacent to an activating group) is 1. The minimum absolute atomic E-state index is 0.0595. The van der Waals surface area contributed by atoms with Gasteiger partial charge in [0.2, 0.25) is 5.78 Å². The number of likely N-dealkylation sites (tertiary alicyclic amines) is 1. The van der Waals surface area contributed by atoms with Gasteiger partial charge in [0.05, 0.1) is 32.4 Å². The fourth-order valence-electron chi connectivity index (χ4n) is 3.38. The minimum atomic E-state index is -0.796. The first-order valence-electron chi connectivity index (χ1n) is 9.12. The Kier molecular flexibility index (Phi) is 5.71. The van der Waals surface area contributed by atoms with Gasteiger partial charge in [0.25, 0.3) is 5.91 Å². The quantitative estimate of drug-likeness (QED) is 0.415. The molecule has 1 aliphatic rings. The Bertz CT molecular complexity index is 826. The van der Waals surface area contributed by atoms with E-state index in [1.54, 1.807) is 12.1 Å². The number of quaternary nitrogens is 1. The molecule has 0 bridgehead atoms. The highest BCUT2D eigenvalue weighted by Crippen LogP contribution is 2.38. The van der Waals surface area contributed by atoms with E-state index in [1.807, 2.05) is 0 Å². The van der Waals surface area contributed by atoms with E-state index < -0.39 is 23.5 Å². The van der Waals surface area contributed by atoms with Gasteiger partial charge in [0.15, 0.2) is 0 Å². The molecule has 1 fully saturated rings. The number of Topliss-reactive ketones (excluding diaryl/α,β-unsaturated/α-hetero) is 1. The Balaban J connectivity index is 2.02. The normalized spacial score (nSPS) is 19.2. The highest BCUT2D eigenvalue weighted by atomic mass is 16.3. The molecule has 7 heteroatoms. The van der Waals surface area contributed by atoms with E-state index in [4.69, 9.17) is 4.42 Å². The highest BCUT2D eigenvalue weighted by molar-refractivity contribution is 6.46. The Morgan fingerprint density at radius 2 is 1.93 bits per heavy atom. The molecular weight excluding hydrogens is 346 g/mol. The van der Waals surface area contributed by atoms with E-state index in [0.29, 0.717) is 24.4 Å². The molecular formula is C20H23N3O4. The number of rotatable bonds is 7. The molecule has 27 heavy (non-hydrogen) atoms. The number of aromatic nitrogens is 1. The van der Waals surface area contributed by atoms with E-state index in [1.165, 1.54) is 40.6 Å².